The van der Waals surface area contributed by atoms with E-state index in [0.717, 1.165) is 60.1 Å². The smallest absolute Gasteiger partial charge is 0.329 e. The second-order valence-electron chi connectivity index (χ2n) is 10.7. The van der Waals surface area contributed by atoms with Crippen LogP contribution in [0.1, 0.15) is 51.0 Å². The van der Waals surface area contributed by atoms with Gasteiger partial charge in [0.2, 0.25) is 0 Å². The molecule has 6 rings (SSSR count). The van der Waals surface area contributed by atoms with Crippen molar-refractivity contribution in [1.82, 2.24) is 14.0 Å². The first kappa shape index (κ1) is 20.0. The molecule has 31 heavy (non-hydrogen) atoms. The number of imidazole rings is 1. The Morgan fingerprint density at radius 2 is 1.81 bits per heavy atom. The van der Waals surface area contributed by atoms with Gasteiger partial charge in [-0.1, -0.05) is 12.1 Å². The number of benzene rings is 1. The van der Waals surface area contributed by atoms with E-state index >= 15 is 0 Å². The Hall–Kier alpha value is -1.63. The molecular weight excluding hydrogens is 390 g/mol. The number of aliphatic hydroxyl groups excluding tert-OH is 2. The number of fused-ring (bicyclic) bond motifs is 4. The fourth-order valence-corrected chi connectivity index (χ4v) is 7.60. The van der Waals surface area contributed by atoms with Crippen molar-refractivity contribution < 1.29 is 10.2 Å². The molecular formula is C25H35N3O3. The van der Waals surface area contributed by atoms with Crippen LogP contribution in [0.15, 0.2) is 29.1 Å². The summed E-state index contributed by atoms with van der Waals surface area (Å²) in [5.74, 6) is 2.93. The van der Waals surface area contributed by atoms with E-state index in [-0.39, 0.29) is 24.9 Å². The molecule has 6 nitrogen and oxygen atoms in total. The van der Waals surface area contributed by atoms with Crippen LogP contribution in [0.25, 0.3) is 11.0 Å². The maximum absolute atomic E-state index is 13.3. The van der Waals surface area contributed by atoms with Gasteiger partial charge in [-0.05, 0) is 80.2 Å². The lowest BCUT2D eigenvalue weighted by Gasteiger charge is -2.39. The third kappa shape index (κ3) is 3.13. The number of aromatic nitrogens is 2. The molecule has 1 aliphatic heterocycles. The van der Waals surface area contributed by atoms with Crippen LogP contribution in [0.2, 0.25) is 0 Å². The second-order valence-corrected chi connectivity index (χ2v) is 10.7. The molecule has 3 saturated carbocycles. The predicted octanol–water partition coefficient (Wildman–Crippen LogP) is 2.62. The molecule has 2 aromatic rings. The van der Waals surface area contributed by atoms with Gasteiger partial charge < -0.3 is 15.1 Å². The zero-order chi connectivity index (χ0) is 21.2. The molecule has 2 heterocycles. The van der Waals surface area contributed by atoms with E-state index < -0.39 is 6.10 Å². The summed E-state index contributed by atoms with van der Waals surface area (Å²) in [5.41, 5.74) is 2.45. The number of likely N-dealkylation sites (tertiary alicyclic amines) is 1. The van der Waals surface area contributed by atoms with E-state index in [1.54, 1.807) is 4.57 Å². The maximum Gasteiger partial charge on any atom is 0.329 e. The number of hydrogen-bond acceptors (Lipinski definition) is 4. The van der Waals surface area contributed by atoms with E-state index in [1.165, 1.54) is 38.6 Å². The largest absolute Gasteiger partial charge is 0.394 e. The van der Waals surface area contributed by atoms with Crippen molar-refractivity contribution in [2.75, 3.05) is 26.2 Å². The number of hydrogen-bond donors (Lipinski definition) is 2. The Balaban J connectivity index is 1.19. The summed E-state index contributed by atoms with van der Waals surface area (Å²) in [6.07, 6.45) is 8.48. The van der Waals surface area contributed by atoms with Gasteiger partial charge in [0.25, 0.3) is 0 Å². The van der Waals surface area contributed by atoms with Crippen LogP contribution in [-0.4, -0.2) is 56.6 Å². The molecule has 1 aromatic heterocycles. The van der Waals surface area contributed by atoms with Crippen molar-refractivity contribution in [3.05, 3.63) is 34.7 Å². The Labute approximate surface area is 183 Å². The number of nitrogens with zero attached hydrogens (tertiary/aromatic N) is 3. The highest BCUT2D eigenvalue weighted by molar-refractivity contribution is 5.76. The average molecular weight is 426 g/mol. The number of rotatable bonds is 6. The van der Waals surface area contributed by atoms with Crippen LogP contribution < -0.4 is 5.69 Å². The van der Waals surface area contributed by atoms with Crippen molar-refractivity contribution >= 4 is 11.0 Å². The standard InChI is InChI=1S/C25H35N3O3/c29-16-20(30)14-27-22-3-1-2-4-23(22)28(24(27)31)19-7-11-26(12-8-19)15-21-17-5-6-18(13-17)25(21)9-10-25/h1-4,17-21,29-30H,5-16H2/t17-,18+,20-,21+/m0/s1. The average Bonchev–Trinajstić information content (AvgIpc) is 3.21. The predicted molar refractivity (Wildman–Crippen MR) is 120 cm³/mol. The van der Waals surface area contributed by atoms with Gasteiger partial charge in [0.15, 0.2) is 0 Å². The minimum Gasteiger partial charge on any atom is -0.394 e. The fraction of sp³-hybridized carbons (Fsp3) is 0.720. The van der Waals surface area contributed by atoms with Crippen LogP contribution in [0.4, 0.5) is 0 Å². The lowest BCUT2D eigenvalue weighted by molar-refractivity contribution is 0.0806. The van der Waals surface area contributed by atoms with Crippen molar-refractivity contribution in [3.63, 3.8) is 0 Å². The van der Waals surface area contributed by atoms with Crippen molar-refractivity contribution in [3.8, 4) is 0 Å². The van der Waals surface area contributed by atoms with E-state index in [1.807, 2.05) is 28.8 Å². The zero-order valence-electron chi connectivity index (χ0n) is 18.3. The molecule has 6 heteroatoms. The molecule has 4 atom stereocenters. The molecule has 0 unspecified atom stereocenters. The molecule has 0 amide bonds. The summed E-state index contributed by atoms with van der Waals surface area (Å²) in [6.45, 7) is 3.20. The van der Waals surface area contributed by atoms with E-state index in [9.17, 15) is 15.0 Å². The van der Waals surface area contributed by atoms with Gasteiger partial charge in [-0.15, -0.1) is 0 Å². The third-order valence-electron chi connectivity index (χ3n) is 9.27. The van der Waals surface area contributed by atoms with Crippen LogP contribution >= 0.6 is 0 Å². The van der Waals surface area contributed by atoms with Crippen LogP contribution in [0, 0.1) is 23.2 Å². The highest BCUT2D eigenvalue weighted by Crippen LogP contribution is 2.71. The van der Waals surface area contributed by atoms with Gasteiger partial charge in [-0.3, -0.25) is 9.13 Å². The summed E-state index contributed by atoms with van der Waals surface area (Å²) in [6, 6.07) is 8.06. The van der Waals surface area contributed by atoms with Gasteiger partial charge in [-0.2, -0.15) is 0 Å². The monoisotopic (exact) mass is 425 g/mol. The molecule has 3 aliphatic carbocycles. The first-order valence-electron chi connectivity index (χ1n) is 12.3. The molecule has 2 bridgehead atoms. The maximum atomic E-state index is 13.3. The third-order valence-corrected chi connectivity index (χ3v) is 9.27. The van der Waals surface area contributed by atoms with Crippen molar-refractivity contribution in [2.24, 2.45) is 23.2 Å². The highest BCUT2D eigenvalue weighted by atomic mass is 16.3. The SMILES string of the molecule is O=c1n(C[C@H](O)CO)c2ccccc2n1C1CCN(C[C@@H]2[C@H]3CC[C@H](C3)C23CC3)CC1. The molecule has 4 fully saturated rings. The topological polar surface area (TPSA) is 70.6 Å². The quantitative estimate of drug-likeness (QED) is 0.747. The minimum atomic E-state index is -0.921. The lowest BCUT2D eigenvalue weighted by Crippen LogP contribution is -2.42. The summed E-state index contributed by atoms with van der Waals surface area (Å²) >= 11 is 0. The number of aliphatic hydroxyl groups is 2. The molecule has 0 radical (unpaired) electrons. The molecule has 1 spiro atoms. The minimum absolute atomic E-state index is 0.0582. The summed E-state index contributed by atoms with van der Waals surface area (Å²) < 4.78 is 3.59. The molecule has 1 aromatic carbocycles. The van der Waals surface area contributed by atoms with Gasteiger partial charge >= 0.3 is 5.69 Å². The Kier molecular flexibility index (Phi) is 4.82. The van der Waals surface area contributed by atoms with Crippen LogP contribution in [0.3, 0.4) is 0 Å². The first-order chi connectivity index (χ1) is 15.1. The van der Waals surface area contributed by atoms with Crippen molar-refractivity contribution in [1.29, 1.82) is 0 Å². The second kappa shape index (κ2) is 7.46. The molecule has 4 aliphatic rings. The van der Waals surface area contributed by atoms with Gasteiger partial charge in [0.05, 0.1) is 30.3 Å². The summed E-state index contributed by atoms with van der Waals surface area (Å²) in [7, 11) is 0. The molecule has 1 saturated heterocycles. The van der Waals surface area contributed by atoms with Crippen molar-refractivity contribution in [2.45, 2.75) is 63.6 Å². The van der Waals surface area contributed by atoms with Gasteiger partial charge in [0.1, 0.15) is 0 Å². The normalized spacial score (nSPS) is 31.1. The number of para-hydroxylation sites is 2. The Morgan fingerprint density at radius 1 is 1.06 bits per heavy atom. The van der Waals surface area contributed by atoms with E-state index in [0.29, 0.717) is 0 Å². The van der Waals surface area contributed by atoms with E-state index in [2.05, 4.69) is 4.90 Å². The van der Waals surface area contributed by atoms with Gasteiger partial charge in [0, 0.05) is 25.7 Å². The zero-order valence-corrected chi connectivity index (χ0v) is 18.3. The first-order valence-corrected chi connectivity index (χ1v) is 12.3. The number of piperidine rings is 1. The molecule has 168 valence electrons. The van der Waals surface area contributed by atoms with Crippen LogP contribution in [0.5, 0.6) is 0 Å². The van der Waals surface area contributed by atoms with Crippen LogP contribution in [-0.2, 0) is 6.54 Å². The Morgan fingerprint density at radius 3 is 2.52 bits per heavy atom. The van der Waals surface area contributed by atoms with Gasteiger partial charge in [-0.25, -0.2) is 4.79 Å². The molecule has 2 N–H and O–H groups in total. The summed E-state index contributed by atoms with van der Waals surface area (Å²) in [4.78, 5) is 16.0. The summed E-state index contributed by atoms with van der Waals surface area (Å²) in [5, 5.41) is 19.2. The fourth-order valence-electron chi connectivity index (χ4n) is 7.60. The Bertz CT molecular complexity index is 1010. The highest BCUT2D eigenvalue weighted by Gasteiger charge is 2.63. The lowest BCUT2D eigenvalue weighted by atomic mass is 9.76. The van der Waals surface area contributed by atoms with E-state index in [4.69, 9.17) is 0 Å².